The Kier molecular flexibility index (Phi) is 11.3. The van der Waals surface area contributed by atoms with Crippen molar-refractivity contribution >= 4 is 28.3 Å². The maximum atomic E-state index is 14.1. The Morgan fingerprint density at radius 3 is 2.65 bits per heavy atom. The van der Waals surface area contributed by atoms with Crippen molar-refractivity contribution in [2.45, 2.75) is 57.9 Å². The topological polar surface area (TPSA) is 93.0 Å². The van der Waals surface area contributed by atoms with Gasteiger partial charge in [-0.25, -0.2) is 4.39 Å². The van der Waals surface area contributed by atoms with Gasteiger partial charge in [0.15, 0.2) is 0 Å². The monoisotopic (exact) mass is 609 g/mol. The molecule has 1 heterocycles. The fourth-order valence-corrected chi connectivity index (χ4v) is 5.37. The molecule has 0 saturated heterocycles. The van der Waals surface area contributed by atoms with E-state index in [0.717, 1.165) is 33.2 Å². The van der Waals surface area contributed by atoms with E-state index in [1.54, 1.807) is 13.4 Å². The molecule has 0 aliphatic rings. The summed E-state index contributed by atoms with van der Waals surface area (Å²) in [5.74, 6) is 0.299. The van der Waals surface area contributed by atoms with Crippen molar-refractivity contribution in [3.8, 4) is 16.9 Å². The second-order valence-electron chi connectivity index (χ2n) is 11.5. The zero-order chi connectivity index (χ0) is 31.0. The van der Waals surface area contributed by atoms with Crippen LogP contribution in [-0.4, -0.2) is 42.3 Å². The number of carbonyl (C=O) groups is 1. The number of ether oxygens (including phenoxy) is 3. The average Bonchev–Trinajstić information content (AvgIpc) is 3.46. The molecule has 4 rings (SSSR count). The van der Waals surface area contributed by atoms with Gasteiger partial charge in [-0.05, 0) is 80.3 Å². The first-order valence-electron chi connectivity index (χ1n) is 14.3. The van der Waals surface area contributed by atoms with E-state index in [4.69, 9.17) is 18.6 Å². The van der Waals surface area contributed by atoms with Gasteiger partial charge in [-0.3, -0.25) is 4.79 Å². The first-order chi connectivity index (χ1) is 20.6. The Bertz CT molecular complexity index is 1510. The third kappa shape index (κ3) is 8.83. The molecule has 1 N–H and O–H groups in total. The smallest absolute Gasteiger partial charge is 0.310 e. The van der Waals surface area contributed by atoms with E-state index in [2.05, 4.69) is 4.72 Å². The van der Waals surface area contributed by atoms with Crippen LogP contribution < -0.4 is 9.46 Å². The predicted molar refractivity (Wildman–Crippen MR) is 168 cm³/mol. The van der Waals surface area contributed by atoms with Gasteiger partial charge in [0.25, 0.3) is 0 Å². The van der Waals surface area contributed by atoms with Crippen molar-refractivity contribution in [1.29, 1.82) is 0 Å². The standard InChI is InChI=1S/C34H40FNO6S/c1-23-10-11-27(20-32(37)40-14-7-13-39-5)31(16-23)42-22-24-17-28-12-15-41-33(28)29(18-24)25-8-6-9-26(19-25)30(21-35)36-43(38)34(2,3)4/h6,8-12,15-19,30,36H,7,13-14,20-22H2,1-5H3. The summed E-state index contributed by atoms with van der Waals surface area (Å²) in [6, 6.07) is 18.5. The molecule has 0 bridgehead atoms. The highest BCUT2D eigenvalue weighted by molar-refractivity contribution is 7.90. The van der Waals surface area contributed by atoms with Crippen LogP contribution in [0.4, 0.5) is 4.39 Å². The molecule has 7 nitrogen and oxygen atoms in total. The highest BCUT2D eigenvalue weighted by atomic mass is 32.2. The second-order valence-corrected chi connectivity index (χ2v) is 13.5. The van der Waals surface area contributed by atoms with Crippen LogP contribution in [0.3, 0.4) is 0 Å². The van der Waals surface area contributed by atoms with Crippen LogP contribution in [0.1, 0.15) is 55.5 Å². The number of esters is 1. The summed E-state index contributed by atoms with van der Waals surface area (Å²) in [6.07, 6.45) is 2.38. The Morgan fingerprint density at radius 1 is 1.09 bits per heavy atom. The first kappa shape index (κ1) is 32.5. The molecule has 0 saturated carbocycles. The number of benzene rings is 3. The summed E-state index contributed by atoms with van der Waals surface area (Å²) in [6.45, 7) is 7.90. The number of hydrogen-bond donors (Lipinski definition) is 1. The van der Waals surface area contributed by atoms with Crippen molar-refractivity contribution in [3.05, 3.63) is 89.2 Å². The summed E-state index contributed by atoms with van der Waals surface area (Å²) in [5.41, 5.74) is 5.73. The number of alkyl halides is 1. The van der Waals surface area contributed by atoms with Gasteiger partial charge in [-0.2, -0.15) is 0 Å². The quantitative estimate of drug-likeness (QED) is 0.0920. The van der Waals surface area contributed by atoms with Crippen LogP contribution in [0.2, 0.25) is 0 Å². The zero-order valence-corrected chi connectivity index (χ0v) is 26.2. The molecule has 230 valence electrons. The summed E-state index contributed by atoms with van der Waals surface area (Å²) < 4.78 is 51.7. The van der Waals surface area contributed by atoms with Crippen molar-refractivity contribution in [3.63, 3.8) is 0 Å². The minimum atomic E-state index is -1.43. The van der Waals surface area contributed by atoms with Gasteiger partial charge < -0.3 is 23.2 Å². The zero-order valence-electron chi connectivity index (χ0n) is 25.4. The lowest BCUT2D eigenvalue weighted by molar-refractivity contribution is -0.143. The van der Waals surface area contributed by atoms with E-state index in [-0.39, 0.29) is 19.0 Å². The number of methoxy groups -OCH3 is 1. The third-order valence-electron chi connectivity index (χ3n) is 6.88. The number of fused-ring (bicyclic) bond motifs is 1. The molecule has 1 aromatic heterocycles. The largest absolute Gasteiger partial charge is 0.598 e. The Hall–Kier alpha value is -3.37. The van der Waals surface area contributed by atoms with E-state index < -0.39 is 28.8 Å². The molecule has 0 fully saturated rings. The van der Waals surface area contributed by atoms with Crippen molar-refractivity contribution < 1.29 is 32.4 Å². The van der Waals surface area contributed by atoms with E-state index in [0.29, 0.717) is 36.5 Å². The molecule has 4 aromatic rings. The van der Waals surface area contributed by atoms with Gasteiger partial charge >= 0.3 is 5.97 Å². The number of halogens is 1. The molecular formula is C34H40FNO6S. The Morgan fingerprint density at radius 2 is 1.91 bits per heavy atom. The van der Waals surface area contributed by atoms with Gasteiger partial charge in [-0.1, -0.05) is 30.3 Å². The third-order valence-corrected chi connectivity index (χ3v) is 8.49. The molecule has 0 radical (unpaired) electrons. The van der Waals surface area contributed by atoms with Crippen molar-refractivity contribution in [2.75, 3.05) is 27.0 Å². The molecule has 3 aromatic carbocycles. The maximum absolute atomic E-state index is 14.1. The predicted octanol–water partition coefficient (Wildman–Crippen LogP) is 7.17. The SMILES string of the molecule is COCCCOC(=O)Cc1ccc(C)cc1OCc1cc(-c2cccc(C(CF)N[S+]([O-])C(C)(C)C)c2)c2occc2c1. The van der Waals surface area contributed by atoms with Gasteiger partial charge in [0.1, 0.15) is 35.4 Å². The second kappa shape index (κ2) is 14.9. The van der Waals surface area contributed by atoms with Crippen LogP contribution in [0.15, 0.2) is 71.3 Å². The summed E-state index contributed by atoms with van der Waals surface area (Å²) in [4.78, 5) is 12.4. The van der Waals surface area contributed by atoms with Crippen molar-refractivity contribution in [1.82, 2.24) is 4.72 Å². The number of rotatable bonds is 14. The molecule has 0 spiro atoms. The number of carbonyl (C=O) groups excluding carboxylic acids is 1. The van der Waals surface area contributed by atoms with E-state index in [1.807, 2.05) is 88.4 Å². The fraction of sp³-hybridized carbons (Fsp3) is 0.382. The van der Waals surface area contributed by atoms with E-state index in [9.17, 15) is 13.7 Å². The highest BCUT2D eigenvalue weighted by Crippen LogP contribution is 2.34. The molecule has 0 amide bonds. The number of furan rings is 1. The van der Waals surface area contributed by atoms with Gasteiger partial charge in [0.05, 0.1) is 19.3 Å². The number of nitrogens with one attached hydrogen (secondary N) is 1. The fourth-order valence-electron chi connectivity index (χ4n) is 4.56. The van der Waals surface area contributed by atoms with Crippen molar-refractivity contribution in [2.24, 2.45) is 0 Å². The average molecular weight is 610 g/mol. The lowest BCUT2D eigenvalue weighted by atomic mass is 9.97. The summed E-state index contributed by atoms with van der Waals surface area (Å²) in [7, 11) is 1.61. The lowest BCUT2D eigenvalue weighted by Gasteiger charge is -2.27. The Labute approximate surface area is 256 Å². The van der Waals surface area contributed by atoms with Crippen LogP contribution in [0.5, 0.6) is 5.75 Å². The number of hydrogen-bond acceptors (Lipinski definition) is 7. The first-order valence-corrected chi connectivity index (χ1v) is 15.5. The maximum Gasteiger partial charge on any atom is 0.310 e. The van der Waals surface area contributed by atoms with Crippen LogP contribution in [0, 0.1) is 6.92 Å². The Balaban J connectivity index is 1.56. The molecule has 43 heavy (non-hydrogen) atoms. The molecule has 2 unspecified atom stereocenters. The minimum absolute atomic E-state index is 0.102. The van der Waals surface area contributed by atoms with E-state index >= 15 is 0 Å². The normalized spacial score (nSPS) is 13.2. The molecule has 2 atom stereocenters. The molecular weight excluding hydrogens is 569 g/mol. The highest BCUT2D eigenvalue weighted by Gasteiger charge is 2.30. The molecule has 9 heteroatoms. The number of aryl methyl sites for hydroxylation is 1. The minimum Gasteiger partial charge on any atom is -0.598 e. The summed E-state index contributed by atoms with van der Waals surface area (Å²) in [5, 5.41) is 0.902. The molecule has 0 aliphatic heterocycles. The van der Waals surface area contributed by atoms with Gasteiger partial charge in [0.2, 0.25) is 0 Å². The van der Waals surface area contributed by atoms with Crippen LogP contribution in [-0.2, 0) is 38.7 Å². The van der Waals surface area contributed by atoms with Crippen LogP contribution in [0.25, 0.3) is 22.1 Å². The van der Waals surface area contributed by atoms with E-state index in [1.165, 1.54) is 0 Å². The molecule has 0 aliphatic carbocycles. The van der Waals surface area contributed by atoms with Crippen LogP contribution >= 0.6 is 0 Å². The van der Waals surface area contributed by atoms with Gasteiger partial charge in [0, 0.05) is 48.0 Å². The lowest BCUT2D eigenvalue weighted by Crippen LogP contribution is -2.41. The van der Waals surface area contributed by atoms with Gasteiger partial charge in [-0.15, -0.1) is 4.72 Å². The summed E-state index contributed by atoms with van der Waals surface area (Å²) >= 11 is -1.43.